The predicted molar refractivity (Wildman–Crippen MR) is 96.2 cm³/mol. The maximum Gasteiger partial charge on any atom is 0.229 e. The van der Waals surface area contributed by atoms with Gasteiger partial charge in [0.2, 0.25) is 11.8 Å². The van der Waals surface area contributed by atoms with Gasteiger partial charge in [-0.2, -0.15) is 0 Å². The van der Waals surface area contributed by atoms with E-state index in [1.165, 1.54) is 0 Å². The lowest BCUT2D eigenvalue weighted by Crippen LogP contribution is -2.28. The van der Waals surface area contributed by atoms with E-state index in [2.05, 4.69) is 21.2 Å². The molecule has 24 heavy (non-hydrogen) atoms. The molecule has 1 fully saturated rings. The highest BCUT2D eigenvalue weighted by atomic mass is 79.9. The van der Waals surface area contributed by atoms with E-state index < -0.39 is 0 Å². The van der Waals surface area contributed by atoms with Gasteiger partial charge in [-0.3, -0.25) is 9.59 Å². The first-order valence-electron chi connectivity index (χ1n) is 7.58. The van der Waals surface area contributed by atoms with Crippen molar-refractivity contribution in [2.24, 2.45) is 5.92 Å². The smallest absolute Gasteiger partial charge is 0.229 e. The van der Waals surface area contributed by atoms with E-state index in [0.29, 0.717) is 23.7 Å². The summed E-state index contributed by atoms with van der Waals surface area (Å²) in [6.45, 7) is 0.349. The van der Waals surface area contributed by atoms with E-state index in [1.807, 2.05) is 42.5 Å². The average molecular weight is 389 g/mol. The molecule has 1 aliphatic rings. The van der Waals surface area contributed by atoms with Gasteiger partial charge >= 0.3 is 0 Å². The maximum atomic E-state index is 12.4. The van der Waals surface area contributed by atoms with E-state index in [1.54, 1.807) is 18.1 Å². The molecule has 0 saturated carbocycles. The molecule has 3 rings (SSSR count). The molecule has 0 bridgehead atoms. The first-order chi connectivity index (χ1) is 11.6. The highest BCUT2D eigenvalue weighted by molar-refractivity contribution is 9.10. The molecule has 2 aromatic rings. The van der Waals surface area contributed by atoms with Gasteiger partial charge in [-0.15, -0.1) is 0 Å². The lowest BCUT2D eigenvalue weighted by molar-refractivity contribution is -0.122. The Hall–Kier alpha value is -2.34. The second-order valence-electron chi connectivity index (χ2n) is 5.57. The summed E-state index contributed by atoms with van der Waals surface area (Å²) >= 11 is 3.36. The number of nitrogens with one attached hydrogen (secondary N) is 1. The SMILES string of the molecule is COc1ccccc1N1CC(C(=O)Nc2ccc(Br)cc2)CC1=O. The zero-order valence-corrected chi connectivity index (χ0v) is 14.7. The average Bonchev–Trinajstić information content (AvgIpc) is 2.98. The van der Waals surface area contributed by atoms with Gasteiger partial charge < -0.3 is 15.0 Å². The number of nitrogens with zero attached hydrogens (tertiary/aromatic N) is 1. The van der Waals surface area contributed by atoms with E-state index in [-0.39, 0.29) is 24.2 Å². The van der Waals surface area contributed by atoms with Gasteiger partial charge in [-0.25, -0.2) is 0 Å². The molecule has 1 heterocycles. The lowest BCUT2D eigenvalue weighted by Gasteiger charge is -2.19. The number of halogens is 1. The Morgan fingerprint density at radius 3 is 2.62 bits per heavy atom. The Balaban J connectivity index is 1.72. The van der Waals surface area contributed by atoms with Crippen LogP contribution in [-0.4, -0.2) is 25.5 Å². The van der Waals surface area contributed by atoms with Gasteiger partial charge in [0.15, 0.2) is 0 Å². The van der Waals surface area contributed by atoms with Crippen molar-refractivity contribution in [3.63, 3.8) is 0 Å². The molecule has 1 aliphatic heterocycles. The van der Waals surface area contributed by atoms with E-state index in [9.17, 15) is 9.59 Å². The second kappa shape index (κ2) is 7.05. The molecule has 1 saturated heterocycles. The van der Waals surface area contributed by atoms with Gasteiger partial charge in [-0.05, 0) is 36.4 Å². The first-order valence-corrected chi connectivity index (χ1v) is 8.37. The Morgan fingerprint density at radius 2 is 1.92 bits per heavy atom. The molecular formula is C18H17BrN2O3. The van der Waals surface area contributed by atoms with Crippen LogP contribution in [0.4, 0.5) is 11.4 Å². The third-order valence-corrected chi connectivity index (χ3v) is 4.51. The van der Waals surface area contributed by atoms with Crippen molar-refractivity contribution in [1.82, 2.24) is 0 Å². The quantitative estimate of drug-likeness (QED) is 0.872. The van der Waals surface area contributed by atoms with Gasteiger partial charge in [0.25, 0.3) is 0 Å². The second-order valence-corrected chi connectivity index (χ2v) is 6.49. The largest absolute Gasteiger partial charge is 0.495 e. The number of carbonyl (C=O) groups excluding carboxylic acids is 2. The van der Waals surface area contributed by atoms with Crippen molar-refractivity contribution in [1.29, 1.82) is 0 Å². The predicted octanol–water partition coefficient (Wildman–Crippen LogP) is 3.45. The highest BCUT2D eigenvalue weighted by Crippen LogP contribution is 2.33. The van der Waals surface area contributed by atoms with Crippen LogP contribution in [0.1, 0.15) is 6.42 Å². The van der Waals surface area contributed by atoms with Crippen LogP contribution in [0.15, 0.2) is 53.0 Å². The van der Waals surface area contributed by atoms with Gasteiger partial charge in [0.1, 0.15) is 5.75 Å². The molecule has 5 nitrogen and oxygen atoms in total. The number of hydrogen-bond acceptors (Lipinski definition) is 3. The molecule has 2 amide bonds. The van der Waals surface area contributed by atoms with Gasteiger partial charge in [0.05, 0.1) is 18.7 Å². The van der Waals surface area contributed by atoms with Crippen LogP contribution < -0.4 is 15.0 Å². The summed E-state index contributed by atoms with van der Waals surface area (Å²) in [6, 6.07) is 14.7. The molecule has 1 atom stereocenters. The number of carbonyl (C=O) groups is 2. The number of para-hydroxylation sites is 2. The summed E-state index contributed by atoms with van der Waals surface area (Å²) in [6.07, 6.45) is 0.195. The van der Waals surface area contributed by atoms with Crippen molar-refractivity contribution in [2.45, 2.75) is 6.42 Å². The lowest BCUT2D eigenvalue weighted by atomic mass is 10.1. The van der Waals surface area contributed by atoms with Crippen LogP contribution in [0, 0.1) is 5.92 Å². The molecule has 6 heteroatoms. The fourth-order valence-electron chi connectivity index (χ4n) is 2.75. The number of rotatable bonds is 4. The van der Waals surface area contributed by atoms with Crippen molar-refractivity contribution in [2.75, 3.05) is 23.9 Å². The maximum absolute atomic E-state index is 12.4. The zero-order chi connectivity index (χ0) is 17.1. The van der Waals surface area contributed by atoms with E-state index in [0.717, 1.165) is 4.47 Å². The highest BCUT2D eigenvalue weighted by Gasteiger charge is 2.36. The van der Waals surface area contributed by atoms with Crippen molar-refractivity contribution < 1.29 is 14.3 Å². The molecular weight excluding hydrogens is 372 g/mol. The molecule has 124 valence electrons. The minimum atomic E-state index is -0.383. The van der Waals surface area contributed by atoms with Crippen LogP contribution in [0.3, 0.4) is 0 Å². The molecule has 1 N–H and O–H groups in total. The molecule has 2 aromatic carbocycles. The van der Waals surface area contributed by atoms with Crippen LogP contribution >= 0.6 is 15.9 Å². The molecule has 1 unspecified atom stereocenters. The van der Waals surface area contributed by atoms with Gasteiger partial charge in [0, 0.05) is 23.1 Å². The van der Waals surface area contributed by atoms with Crippen LogP contribution in [-0.2, 0) is 9.59 Å². The number of hydrogen-bond donors (Lipinski definition) is 1. The fourth-order valence-corrected chi connectivity index (χ4v) is 3.01. The Labute approximate surface area is 148 Å². The Bertz CT molecular complexity index is 761. The standard InChI is InChI=1S/C18H17BrN2O3/c1-24-16-5-3-2-4-15(16)21-11-12(10-17(21)22)18(23)20-14-8-6-13(19)7-9-14/h2-9,12H,10-11H2,1H3,(H,20,23). The minimum absolute atomic E-state index is 0.0737. The zero-order valence-electron chi connectivity index (χ0n) is 13.2. The van der Waals surface area contributed by atoms with Crippen LogP contribution in [0.25, 0.3) is 0 Å². The number of anilines is 2. The normalized spacial score (nSPS) is 17.0. The van der Waals surface area contributed by atoms with Crippen molar-refractivity contribution in [3.05, 3.63) is 53.0 Å². The summed E-state index contributed by atoms with van der Waals surface area (Å²) in [7, 11) is 1.57. The number of amides is 2. The number of benzene rings is 2. The van der Waals surface area contributed by atoms with Crippen molar-refractivity contribution >= 4 is 39.1 Å². The topological polar surface area (TPSA) is 58.6 Å². The third kappa shape index (κ3) is 3.43. The monoisotopic (exact) mass is 388 g/mol. The van der Waals surface area contributed by atoms with Crippen molar-refractivity contribution in [3.8, 4) is 5.75 Å². The fraction of sp³-hybridized carbons (Fsp3) is 0.222. The third-order valence-electron chi connectivity index (χ3n) is 3.98. The molecule has 0 spiro atoms. The Morgan fingerprint density at radius 1 is 1.21 bits per heavy atom. The molecule has 0 radical (unpaired) electrons. The minimum Gasteiger partial charge on any atom is -0.495 e. The Kier molecular flexibility index (Phi) is 4.85. The number of methoxy groups -OCH3 is 1. The molecule has 0 aliphatic carbocycles. The summed E-state index contributed by atoms with van der Waals surface area (Å²) in [4.78, 5) is 26.4. The van der Waals surface area contributed by atoms with E-state index in [4.69, 9.17) is 4.74 Å². The summed E-state index contributed by atoms with van der Waals surface area (Å²) in [5.74, 6) is 0.0180. The van der Waals surface area contributed by atoms with Crippen LogP contribution in [0.2, 0.25) is 0 Å². The van der Waals surface area contributed by atoms with E-state index >= 15 is 0 Å². The number of ether oxygens (including phenoxy) is 1. The summed E-state index contributed by atoms with van der Waals surface area (Å²) in [5, 5.41) is 2.86. The molecule has 0 aromatic heterocycles. The summed E-state index contributed by atoms with van der Waals surface area (Å²) in [5.41, 5.74) is 1.41. The summed E-state index contributed by atoms with van der Waals surface area (Å²) < 4.78 is 6.25. The first kappa shape index (κ1) is 16.5. The van der Waals surface area contributed by atoms with Gasteiger partial charge in [-0.1, -0.05) is 28.1 Å². The van der Waals surface area contributed by atoms with Crippen LogP contribution in [0.5, 0.6) is 5.75 Å².